The van der Waals surface area contributed by atoms with Crippen LogP contribution in [0.3, 0.4) is 0 Å². The fourth-order valence-corrected chi connectivity index (χ4v) is 3.16. The molecular formula is C17H13N3O6S. The van der Waals surface area contributed by atoms with E-state index in [-0.39, 0.29) is 21.7 Å². The van der Waals surface area contributed by atoms with Gasteiger partial charge in [-0.05, 0) is 30.0 Å². The number of nitro benzene ring substituents is 1. The summed E-state index contributed by atoms with van der Waals surface area (Å²) >= 11 is 1.02. The minimum atomic E-state index is -0.510. The number of nitrogens with zero attached hydrogens (tertiary/aromatic N) is 2. The van der Waals surface area contributed by atoms with Gasteiger partial charge in [-0.3, -0.25) is 19.7 Å². The number of ether oxygens (including phenoxy) is 1. The molecule has 0 aliphatic carbocycles. The summed E-state index contributed by atoms with van der Waals surface area (Å²) in [5, 5.41) is 13.7. The van der Waals surface area contributed by atoms with Crippen molar-refractivity contribution in [2.45, 2.75) is 6.92 Å². The van der Waals surface area contributed by atoms with Crippen molar-refractivity contribution in [2.24, 2.45) is 4.99 Å². The molecule has 27 heavy (non-hydrogen) atoms. The van der Waals surface area contributed by atoms with E-state index in [1.54, 1.807) is 12.1 Å². The second kappa shape index (κ2) is 7.46. The summed E-state index contributed by atoms with van der Waals surface area (Å²) in [6.07, 6.45) is 1.48. The minimum absolute atomic E-state index is 0.100. The number of benzene rings is 1. The van der Waals surface area contributed by atoms with Gasteiger partial charge in [-0.1, -0.05) is 0 Å². The van der Waals surface area contributed by atoms with E-state index in [2.05, 4.69) is 10.3 Å². The normalized spacial score (nSPS) is 15.0. The van der Waals surface area contributed by atoms with Crippen molar-refractivity contribution in [3.63, 3.8) is 0 Å². The number of rotatable bonds is 4. The third-order valence-corrected chi connectivity index (χ3v) is 4.36. The minimum Gasteiger partial charge on any atom is -0.496 e. The number of aliphatic imine (C=N–C) groups is 1. The molecule has 2 amide bonds. The highest BCUT2D eigenvalue weighted by Crippen LogP contribution is 2.35. The van der Waals surface area contributed by atoms with Gasteiger partial charge in [0.05, 0.1) is 22.5 Å². The summed E-state index contributed by atoms with van der Waals surface area (Å²) in [6, 6.07) is 7.40. The van der Waals surface area contributed by atoms with Crippen LogP contribution in [-0.2, 0) is 9.59 Å². The Balaban J connectivity index is 1.88. The van der Waals surface area contributed by atoms with Gasteiger partial charge >= 0.3 is 0 Å². The Labute approximate surface area is 157 Å². The zero-order chi connectivity index (χ0) is 19.6. The second-order valence-electron chi connectivity index (χ2n) is 5.36. The molecule has 0 unspecified atom stereocenters. The molecule has 0 fully saturated rings. The molecule has 1 aliphatic heterocycles. The van der Waals surface area contributed by atoms with Gasteiger partial charge in [0.25, 0.3) is 11.6 Å². The molecule has 0 radical (unpaired) electrons. The fourth-order valence-electron chi connectivity index (χ4n) is 2.32. The second-order valence-corrected chi connectivity index (χ2v) is 6.39. The smallest absolute Gasteiger partial charge is 0.286 e. The van der Waals surface area contributed by atoms with E-state index in [0.29, 0.717) is 22.8 Å². The highest BCUT2D eigenvalue weighted by atomic mass is 32.2. The Morgan fingerprint density at radius 2 is 2.15 bits per heavy atom. The zero-order valence-corrected chi connectivity index (χ0v) is 15.0. The van der Waals surface area contributed by atoms with E-state index in [1.165, 1.54) is 38.3 Å². The van der Waals surface area contributed by atoms with Crippen molar-refractivity contribution in [3.8, 4) is 17.1 Å². The van der Waals surface area contributed by atoms with Crippen LogP contribution in [0.4, 0.5) is 5.69 Å². The molecule has 0 spiro atoms. The van der Waals surface area contributed by atoms with Crippen molar-refractivity contribution >= 4 is 40.5 Å². The molecule has 1 aliphatic rings. The molecule has 0 saturated heterocycles. The number of thioether (sulfide) groups is 1. The van der Waals surface area contributed by atoms with Crippen molar-refractivity contribution in [3.05, 3.63) is 51.1 Å². The summed E-state index contributed by atoms with van der Waals surface area (Å²) in [6.45, 7) is 1.32. The predicted octanol–water partition coefficient (Wildman–Crippen LogP) is 2.97. The van der Waals surface area contributed by atoms with Crippen LogP contribution < -0.4 is 10.1 Å². The first-order valence-electron chi connectivity index (χ1n) is 7.60. The van der Waals surface area contributed by atoms with E-state index in [4.69, 9.17) is 9.15 Å². The van der Waals surface area contributed by atoms with Crippen molar-refractivity contribution in [1.29, 1.82) is 0 Å². The Morgan fingerprint density at radius 1 is 1.37 bits per heavy atom. The molecule has 2 heterocycles. The van der Waals surface area contributed by atoms with Gasteiger partial charge in [0, 0.05) is 25.1 Å². The third kappa shape index (κ3) is 4.06. The first kappa shape index (κ1) is 18.4. The molecule has 2 aromatic rings. The topological polar surface area (TPSA) is 124 Å². The highest BCUT2D eigenvalue weighted by molar-refractivity contribution is 8.18. The van der Waals surface area contributed by atoms with Gasteiger partial charge in [0.1, 0.15) is 17.3 Å². The molecule has 138 valence electrons. The van der Waals surface area contributed by atoms with E-state index in [9.17, 15) is 19.7 Å². The standard InChI is InChI=1S/C17H13N3O6S/c1-9(21)18-17-19-16(22)15(27-17)8-11-4-6-14(26-11)12-7-10(20(23)24)3-5-13(12)25-2/h3-8H,1-2H3,(H,18,19,21,22)/b15-8+. The highest BCUT2D eigenvalue weighted by Gasteiger charge is 2.23. The molecule has 0 saturated carbocycles. The molecule has 1 aromatic carbocycles. The molecule has 0 bridgehead atoms. The fraction of sp³-hybridized carbons (Fsp3) is 0.118. The van der Waals surface area contributed by atoms with Gasteiger partial charge < -0.3 is 14.5 Å². The van der Waals surface area contributed by atoms with Crippen LogP contribution >= 0.6 is 11.8 Å². The maximum Gasteiger partial charge on any atom is 0.286 e. The number of carbonyl (C=O) groups is 2. The van der Waals surface area contributed by atoms with E-state index < -0.39 is 10.8 Å². The molecule has 3 rings (SSSR count). The molecule has 1 N–H and O–H groups in total. The number of hydrogen-bond donors (Lipinski definition) is 1. The number of hydrogen-bond acceptors (Lipinski definition) is 7. The number of amidine groups is 1. The average Bonchev–Trinajstić information content (AvgIpc) is 3.21. The predicted molar refractivity (Wildman–Crippen MR) is 99.2 cm³/mol. The van der Waals surface area contributed by atoms with Crippen LogP contribution in [0.2, 0.25) is 0 Å². The van der Waals surface area contributed by atoms with Crippen LogP contribution in [0.1, 0.15) is 12.7 Å². The Bertz CT molecular complexity index is 1010. The number of methoxy groups -OCH3 is 1. The van der Waals surface area contributed by atoms with Crippen LogP contribution in [0.5, 0.6) is 5.75 Å². The number of carbonyl (C=O) groups excluding carboxylic acids is 2. The summed E-state index contributed by atoms with van der Waals surface area (Å²) in [4.78, 5) is 37.5. The van der Waals surface area contributed by atoms with Gasteiger partial charge in [0.2, 0.25) is 5.91 Å². The maximum atomic E-state index is 11.9. The number of furan rings is 1. The lowest BCUT2D eigenvalue weighted by Crippen LogP contribution is -2.23. The largest absolute Gasteiger partial charge is 0.496 e. The van der Waals surface area contributed by atoms with E-state index in [1.807, 2.05) is 0 Å². The first-order valence-corrected chi connectivity index (χ1v) is 8.42. The molecule has 10 heteroatoms. The van der Waals surface area contributed by atoms with Crippen LogP contribution in [0, 0.1) is 10.1 Å². The van der Waals surface area contributed by atoms with Crippen LogP contribution in [0.25, 0.3) is 17.4 Å². The quantitative estimate of drug-likeness (QED) is 0.486. The van der Waals surface area contributed by atoms with E-state index in [0.717, 1.165) is 11.8 Å². The van der Waals surface area contributed by atoms with Crippen molar-refractivity contribution < 1.29 is 23.7 Å². The summed E-state index contributed by atoms with van der Waals surface area (Å²) < 4.78 is 10.9. The van der Waals surface area contributed by atoms with Crippen molar-refractivity contribution in [1.82, 2.24) is 5.32 Å². The first-order chi connectivity index (χ1) is 12.9. The average molecular weight is 387 g/mol. The molecular weight excluding hydrogens is 374 g/mol. The lowest BCUT2D eigenvalue weighted by atomic mass is 10.1. The summed E-state index contributed by atoms with van der Waals surface area (Å²) in [5.74, 6) is 0.300. The number of nitrogens with one attached hydrogen (secondary N) is 1. The SMILES string of the molecule is COc1ccc([N+](=O)[O-])cc1-c1ccc(/C=C2/SC(NC(C)=O)=NC2=O)o1. The maximum absolute atomic E-state index is 11.9. The van der Waals surface area contributed by atoms with Crippen LogP contribution in [0.15, 0.2) is 44.6 Å². The van der Waals surface area contributed by atoms with Gasteiger partial charge in [-0.25, -0.2) is 0 Å². The molecule has 1 aromatic heterocycles. The summed E-state index contributed by atoms with van der Waals surface area (Å²) in [7, 11) is 1.45. The number of nitro groups is 1. The third-order valence-electron chi connectivity index (χ3n) is 3.46. The monoisotopic (exact) mass is 387 g/mol. The summed E-state index contributed by atoms with van der Waals surface area (Å²) in [5.41, 5.74) is 0.314. The van der Waals surface area contributed by atoms with E-state index >= 15 is 0 Å². The Morgan fingerprint density at radius 3 is 2.81 bits per heavy atom. The lowest BCUT2D eigenvalue weighted by Gasteiger charge is -2.05. The molecule has 0 atom stereocenters. The lowest BCUT2D eigenvalue weighted by molar-refractivity contribution is -0.384. The Kier molecular flexibility index (Phi) is 5.08. The Hall–Kier alpha value is -3.40. The number of non-ortho nitro benzene ring substituents is 1. The van der Waals surface area contributed by atoms with Gasteiger partial charge in [0.15, 0.2) is 5.17 Å². The van der Waals surface area contributed by atoms with Gasteiger partial charge in [-0.15, -0.1) is 0 Å². The zero-order valence-electron chi connectivity index (χ0n) is 14.2. The van der Waals surface area contributed by atoms with Crippen LogP contribution in [-0.4, -0.2) is 29.0 Å². The van der Waals surface area contributed by atoms with Gasteiger partial charge in [-0.2, -0.15) is 4.99 Å². The van der Waals surface area contributed by atoms with Crippen molar-refractivity contribution in [2.75, 3.05) is 7.11 Å². The molecule has 9 nitrogen and oxygen atoms in total. The number of amides is 2.